The van der Waals surface area contributed by atoms with Crippen LogP contribution in [0.2, 0.25) is 0 Å². The third-order valence-electron chi connectivity index (χ3n) is 3.37. The van der Waals surface area contributed by atoms with E-state index < -0.39 is 5.97 Å². The van der Waals surface area contributed by atoms with Crippen molar-refractivity contribution in [3.05, 3.63) is 0 Å². The average molecular weight is 230 g/mol. The van der Waals surface area contributed by atoms with Crippen molar-refractivity contribution in [3.8, 4) is 0 Å². The van der Waals surface area contributed by atoms with Crippen LogP contribution in [0.4, 0.5) is 0 Å². The van der Waals surface area contributed by atoms with E-state index in [4.69, 9.17) is 5.11 Å². The molecule has 1 aliphatic rings. The summed E-state index contributed by atoms with van der Waals surface area (Å²) in [5.41, 5.74) is 0. The van der Waals surface area contributed by atoms with Gasteiger partial charge in [-0.1, -0.05) is 20.3 Å². The minimum absolute atomic E-state index is 0.195. The lowest BCUT2D eigenvalue weighted by Gasteiger charge is -2.27. The highest BCUT2D eigenvalue weighted by Crippen LogP contribution is 2.33. The van der Waals surface area contributed by atoms with Gasteiger partial charge in [-0.25, -0.2) is 0 Å². The Balaban J connectivity index is 2.16. The minimum Gasteiger partial charge on any atom is -0.481 e. The number of hydrogen-bond acceptors (Lipinski definition) is 2. The molecule has 3 heteroatoms. The standard InChI is InChI=1S/C12H22O2S/c1-3-10-4-6-11(7-5-10)15-8-9(2)12(13)14/h9-11H,3-8H2,1-2H3,(H,13,14). The molecule has 1 fully saturated rings. The third-order valence-corrected chi connectivity index (χ3v) is 5.01. The van der Waals surface area contributed by atoms with Crippen LogP contribution < -0.4 is 0 Å². The number of rotatable bonds is 5. The zero-order valence-electron chi connectivity index (χ0n) is 9.74. The van der Waals surface area contributed by atoms with Gasteiger partial charge in [0.05, 0.1) is 5.92 Å². The van der Waals surface area contributed by atoms with Crippen LogP contribution in [0.15, 0.2) is 0 Å². The number of aliphatic carboxylic acids is 1. The summed E-state index contributed by atoms with van der Waals surface area (Å²) in [5, 5.41) is 9.50. The smallest absolute Gasteiger partial charge is 0.307 e. The fourth-order valence-electron chi connectivity index (χ4n) is 2.06. The molecule has 1 unspecified atom stereocenters. The van der Waals surface area contributed by atoms with Crippen molar-refractivity contribution >= 4 is 17.7 Å². The molecule has 0 heterocycles. The highest BCUT2D eigenvalue weighted by molar-refractivity contribution is 7.99. The van der Waals surface area contributed by atoms with Crippen molar-refractivity contribution in [2.24, 2.45) is 11.8 Å². The van der Waals surface area contributed by atoms with Crippen LogP contribution in [0.5, 0.6) is 0 Å². The summed E-state index contributed by atoms with van der Waals surface area (Å²) >= 11 is 1.87. The van der Waals surface area contributed by atoms with Gasteiger partial charge in [-0.2, -0.15) is 11.8 Å². The van der Waals surface area contributed by atoms with Gasteiger partial charge in [-0.3, -0.25) is 4.79 Å². The molecular formula is C12H22O2S. The van der Waals surface area contributed by atoms with Gasteiger partial charge in [0.2, 0.25) is 0 Å². The van der Waals surface area contributed by atoms with Gasteiger partial charge in [0.25, 0.3) is 0 Å². The summed E-state index contributed by atoms with van der Waals surface area (Å²) in [5.74, 6) is 0.846. The van der Waals surface area contributed by atoms with Crippen LogP contribution in [0, 0.1) is 11.8 Å². The highest BCUT2D eigenvalue weighted by Gasteiger charge is 2.21. The molecule has 1 atom stereocenters. The van der Waals surface area contributed by atoms with Gasteiger partial charge in [0.1, 0.15) is 0 Å². The van der Waals surface area contributed by atoms with Gasteiger partial charge in [0, 0.05) is 11.0 Å². The molecule has 2 nitrogen and oxygen atoms in total. The Morgan fingerprint density at radius 2 is 2.00 bits per heavy atom. The molecule has 0 aromatic heterocycles. The first-order valence-electron chi connectivity index (χ1n) is 5.97. The molecular weight excluding hydrogens is 208 g/mol. The molecule has 0 saturated heterocycles. The molecule has 0 aliphatic heterocycles. The third kappa shape index (κ3) is 4.45. The first-order chi connectivity index (χ1) is 7.13. The maximum atomic E-state index is 10.7. The zero-order valence-corrected chi connectivity index (χ0v) is 10.6. The second-order valence-electron chi connectivity index (χ2n) is 4.62. The molecule has 1 saturated carbocycles. The first-order valence-corrected chi connectivity index (χ1v) is 7.02. The Kier molecular flexibility index (Phi) is 5.51. The van der Waals surface area contributed by atoms with Crippen LogP contribution in [-0.2, 0) is 4.79 Å². The van der Waals surface area contributed by atoms with E-state index in [9.17, 15) is 4.79 Å². The maximum absolute atomic E-state index is 10.7. The monoisotopic (exact) mass is 230 g/mol. The number of thioether (sulfide) groups is 1. The molecule has 1 N–H and O–H groups in total. The highest BCUT2D eigenvalue weighted by atomic mass is 32.2. The molecule has 1 aliphatic carbocycles. The summed E-state index contributed by atoms with van der Waals surface area (Å²) in [4.78, 5) is 10.7. The number of carboxylic acids is 1. The summed E-state index contributed by atoms with van der Waals surface area (Å²) in [6.45, 7) is 4.07. The fraction of sp³-hybridized carbons (Fsp3) is 0.917. The molecule has 0 amide bonds. The summed E-state index contributed by atoms with van der Waals surface area (Å²) in [6, 6.07) is 0. The first kappa shape index (κ1) is 12.9. The van der Waals surface area contributed by atoms with Gasteiger partial charge >= 0.3 is 5.97 Å². The van der Waals surface area contributed by atoms with E-state index in [1.165, 1.54) is 32.1 Å². The van der Waals surface area contributed by atoms with Crippen LogP contribution in [0.1, 0.15) is 46.0 Å². The Hall–Kier alpha value is -0.180. The second kappa shape index (κ2) is 6.41. The Bertz CT molecular complexity index is 198. The van der Waals surface area contributed by atoms with E-state index in [1.807, 2.05) is 11.8 Å². The largest absolute Gasteiger partial charge is 0.481 e. The van der Waals surface area contributed by atoms with Crippen molar-refractivity contribution in [1.29, 1.82) is 0 Å². The van der Waals surface area contributed by atoms with Crippen molar-refractivity contribution in [1.82, 2.24) is 0 Å². The molecule has 0 radical (unpaired) electrons. The molecule has 1 rings (SSSR count). The van der Waals surface area contributed by atoms with E-state index in [2.05, 4.69) is 6.92 Å². The summed E-state index contributed by atoms with van der Waals surface area (Å²) < 4.78 is 0. The Morgan fingerprint density at radius 3 is 2.47 bits per heavy atom. The number of carbonyl (C=O) groups is 1. The van der Waals surface area contributed by atoms with E-state index >= 15 is 0 Å². The molecule has 88 valence electrons. The lowest BCUT2D eigenvalue weighted by Crippen LogP contribution is -2.19. The fourth-order valence-corrected chi connectivity index (χ4v) is 3.37. The molecule has 15 heavy (non-hydrogen) atoms. The lowest BCUT2D eigenvalue weighted by molar-refractivity contribution is -0.140. The van der Waals surface area contributed by atoms with Gasteiger partial charge < -0.3 is 5.11 Å². The molecule has 0 aromatic rings. The molecule has 0 aromatic carbocycles. The number of hydrogen-bond donors (Lipinski definition) is 1. The second-order valence-corrected chi connectivity index (χ2v) is 5.96. The van der Waals surface area contributed by atoms with Crippen molar-refractivity contribution in [2.75, 3.05) is 5.75 Å². The van der Waals surface area contributed by atoms with Crippen molar-refractivity contribution in [3.63, 3.8) is 0 Å². The van der Waals surface area contributed by atoms with E-state index in [1.54, 1.807) is 6.92 Å². The Labute approximate surface area is 96.8 Å². The van der Waals surface area contributed by atoms with Crippen LogP contribution in [0.25, 0.3) is 0 Å². The van der Waals surface area contributed by atoms with Crippen molar-refractivity contribution in [2.45, 2.75) is 51.2 Å². The van der Waals surface area contributed by atoms with Crippen LogP contribution >= 0.6 is 11.8 Å². The van der Waals surface area contributed by atoms with E-state index in [0.717, 1.165) is 16.9 Å². The summed E-state index contributed by atoms with van der Waals surface area (Å²) in [6.07, 6.45) is 6.57. The number of carboxylic acid groups (broad SMARTS) is 1. The van der Waals surface area contributed by atoms with Crippen LogP contribution in [-0.4, -0.2) is 22.1 Å². The zero-order chi connectivity index (χ0) is 11.3. The average Bonchev–Trinajstić information content (AvgIpc) is 2.26. The van der Waals surface area contributed by atoms with E-state index in [0.29, 0.717) is 0 Å². The van der Waals surface area contributed by atoms with Gasteiger partial charge in [-0.15, -0.1) is 0 Å². The van der Waals surface area contributed by atoms with Gasteiger partial charge in [0.15, 0.2) is 0 Å². The van der Waals surface area contributed by atoms with Gasteiger partial charge in [-0.05, 0) is 31.6 Å². The lowest BCUT2D eigenvalue weighted by atomic mass is 9.87. The predicted octanol–water partition coefficient (Wildman–Crippen LogP) is 3.41. The SMILES string of the molecule is CCC1CCC(SCC(C)C(=O)O)CC1. The molecule has 0 bridgehead atoms. The topological polar surface area (TPSA) is 37.3 Å². The summed E-state index contributed by atoms with van der Waals surface area (Å²) in [7, 11) is 0. The maximum Gasteiger partial charge on any atom is 0.307 e. The normalized spacial score (nSPS) is 28.7. The Morgan fingerprint density at radius 1 is 1.40 bits per heavy atom. The van der Waals surface area contributed by atoms with Crippen molar-refractivity contribution < 1.29 is 9.90 Å². The minimum atomic E-state index is -0.662. The molecule has 0 spiro atoms. The van der Waals surface area contributed by atoms with Crippen LogP contribution in [0.3, 0.4) is 0 Å². The quantitative estimate of drug-likeness (QED) is 0.786. The van der Waals surface area contributed by atoms with E-state index in [-0.39, 0.29) is 5.92 Å². The predicted molar refractivity (Wildman–Crippen MR) is 65.3 cm³/mol.